The van der Waals surface area contributed by atoms with Crippen LogP contribution in [0.2, 0.25) is 0 Å². The van der Waals surface area contributed by atoms with Crippen molar-refractivity contribution in [3.8, 4) is 0 Å². The van der Waals surface area contributed by atoms with E-state index in [0.717, 1.165) is 64.0 Å². The predicted molar refractivity (Wildman–Crippen MR) is 133 cm³/mol. The Hall–Kier alpha value is -1.38. The number of anilines is 1. The minimum absolute atomic E-state index is 0. The van der Waals surface area contributed by atoms with Crippen LogP contribution >= 0.6 is 36.2 Å². The molecular weight excluding hydrogens is 467 g/mol. The number of carbonyl (C=O) groups is 1. The molecule has 5 rings (SSSR count). The summed E-state index contributed by atoms with van der Waals surface area (Å²) in [6.45, 7) is 3.20. The lowest BCUT2D eigenvalue weighted by molar-refractivity contribution is -0.140. The quantitative estimate of drug-likeness (QED) is 0.674. The van der Waals surface area contributed by atoms with Crippen molar-refractivity contribution >= 4 is 47.2 Å². The van der Waals surface area contributed by atoms with Crippen molar-refractivity contribution in [1.82, 2.24) is 15.2 Å². The maximum absolute atomic E-state index is 13.3. The average molecular weight is 500 g/mol. The van der Waals surface area contributed by atoms with Gasteiger partial charge in [-0.1, -0.05) is 30.3 Å². The Morgan fingerprint density at radius 1 is 1.19 bits per heavy atom. The van der Waals surface area contributed by atoms with Crippen LogP contribution < -0.4 is 11.1 Å². The Balaban J connectivity index is 0.00000144. The number of nitrogen functional groups attached to an aromatic ring is 1. The number of morpholine rings is 1. The first-order valence-corrected chi connectivity index (χ1v) is 11.9. The molecule has 6 nitrogen and oxygen atoms in total. The Labute approximate surface area is 206 Å². The van der Waals surface area contributed by atoms with Crippen molar-refractivity contribution in [3.63, 3.8) is 0 Å². The molecule has 1 saturated carbocycles. The van der Waals surface area contributed by atoms with E-state index < -0.39 is 0 Å². The molecule has 3 fully saturated rings. The van der Waals surface area contributed by atoms with E-state index >= 15 is 0 Å². The Morgan fingerprint density at radius 2 is 1.94 bits per heavy atom. The number of thiazole rings is 1. The Bertz CT molecular complexity index is 889. The number of likely N-dealkylation sites (tertiary alicyclic amines) is 1. The van der Waals surface area contributed by atoms with Crippen LogP contribution in [0.4, 0.5) is 5.13 Å². The van der Waals surface area contributed by atoms with Crippen molar-refractivity contribution in [3.05, 3.63) is 47.0 Å². The smallest absolute Gasteiger partial charge is 0.225 e. The van der Waals surface area contributed by atoms with Gasteiger partial charge >= 0.3 is 0 Å². The molecule has 0 bridgehead atoms. The molecule has 3 atom stereocenters. The molecule has 2 saturated heterocycles. The summed E-state index contributed by atoms with van der Waals surface area (Å²) in [4.78, 5) is 20.1. The van der Waals surface area contributed by atoms with Crippen LogP contribution in [0.15, 0.2) is 35.7 Å². The lowest BCUT2D eigenvalue weighted by Crippen LogP contribution is -2.54. The highest BCUT2D eigenvalue weighted by Gasteiger charge is 2.43. The summed E-state index contributed by atoms with van der Waals surface area (Å²) < 4.78 is 5.88. The predicted octanol–water partition coefficient (Wildman–Crippen LogP) is 3.63. The number of halogens is 2. The van der Waals surface area contributed by atoms with Crippen LogP contribution in [0.1, 0.15) is 43.4 Å². The molecule has 3 N–H and O–H groups in total. The minimum atomic E-state index is -0.164. The molecule has 1 aromatic heterocycles. The molecule has 1 amide bonds. The van der Waals surface area contributed by atoms with Gasteiger partial charge in [-0.3, -0.25) is 4.79 Å². The molecular formula is C23H32Cl2N4O2S. The van der Waals surface area contributed by atoms with Crippen LogP contribution in [-0.2, 0) is 14.9 Å². The van der Waals surface area contributed by atoms with Gasteiger partial charge in [0, 0.05) is 42.4 Å². The largest absolute Gasteiger partial charge is 0.375 e. The molecule has 2 aliphatic heterocycles. The maximum atomic E-state index is 13.3. The number of benzene rings is 1. The first-order valence-electron chi connectivity index (χ1n) is 11.1. The van der Waals surface area contributed by atoms with Crippen LogP contribution in [0.5, 0.6) is 0 Å². The van der Waals surface area contributed by atoms with Gasteiger partial charge < -0.3 is 20.7 Å². The highest BCUT2D eigenvalue weighted by atomic mass is 35.5. The number of aromatic nitrogens is 1. The lowest BCUT2D eigenvalue weighted by Gasteiger charge is -2.44. The van der Waals surface area contributed by atoms with Gasteiger partial charge in [-0.25, -0.2) is 4.98 Å². The molecule has 1 aromatic carbocycles. The second-order valence-corrected chi connectivity index (χ2v) is 9.71. The zero-order chi connectivity index (χ0) is 20.6. The van der Waals surface area contributed by atoms with Crippen molar-refractivity contribution in [2.45, 2.75) is 49.7 Å². The molecule has 9 heteroatoms. The highest BCUT2D eigenvalue weighted by molar-refractivity contribution is 7.13. The van der Waals surface area contributed by atoms with Crippen molar-refractivity contribution in [1.29, 1.82) is 0 Å². The fraction of sp³-hybridized carbons (Fsp3) is 0.565. The normalized spacial score (nSPS) is 26.9. The van der Waals surface area contributed by atoms with E-state index in [1.807, 2.05) is 6.07 Å². The average Bonchev–Trinajstić information content (AvgIpc) is 3.25. The number of piperidine rings is 1. The first-order chi connectivity index (χ1) is 14.7. The van der Waals surface area contributed by atoms with Crippen LogP contribution in [0, 0.1) is 5.92 Å². The molecule has 3 heterocycles. The maximum Gasteiger partial charge on any atom is 0.225 e. The minimum Gasteiger partial charge on any atom is -0.375 e. The summed E-state index contributed by atoms with van der Waals surface area (Å²) >= 11 is 1.50. The third-order valence-corrected chi connectivity index (χ3v) is 7.92. The summed E-state index contributed by atoms with van der Waals surface area (Å²) in [5, 5.41) is 6.25. The summed E-state index contributed by atoms with van der Waals surface area (Å²) in [5.74, 6) is 0.430. The molecule has 0 spiro atoms. The van der Waals surface area contributed by atoms with Gasteiger partial charge in [0.15, 0.2) is 5.13 Å². The van der Waals surface area contributed by atoms with Gasteiger partial charge in [0.25, 0.3) is 0 Å². The number of nitrogens with one attached hydrogen (secondary N) is 1. The second-order valence-electron chi connectivity index (χ2n) is 8.82. The zero-order valence-corrected chi connectivity index (χ0v) is 20.5. The fourth-order valence-corrected chi connectivity index (χ4v) is 6.22. The summed E-state index contributed by atoms with van der Waals surface area (Å²) in [5.41, 5.74) is 8.13. The summed E-state index contributed by atoms with van der Waals surface area (Å²) in [6.07, 6.45) is 4.86. The van der Waals surface area contributed by atoms with Gasteiger partial charge in [0.2, 0.25) is 5.91 Å². The molecule has 0 unspecified atom stereocenters. The van der Waals surface area contributed by atoms with Gasteiger partial charge in [0.1, 0.15) is 0 Å². The number of ether oxygens (including phenoxy) is 1. The van der Waals surface area contributed by atoms with Crippen LogP contribution in [-0.4, -0.2) is 54.2 Å². The molecule has 1 aliphatic carbocycles. The van der Waals surface area contributed by atoms with Gasteiger partial charge in [0.05, 0.1) is 18.4 Å². The second kappa shape index (κ2) is 10.7. The summed E-state index contributed by atoms with van der Waals surface area (Å²) in [6, 6.07) is 10.9. The number of fused-ring (bicyclic) bond motifs is 1. The lowest BCUT2D eigenvalue weighted by atomic mass is 9.70. The van der Waals surface area contributed by atoms with Crippen LogP contribution in [0.3, 0.4) is 0 Å². The number of hydrogen-bond acceptors (Lipinski definition) is 6. The van der Waals surface area contributed by atoms with Crippen molar-refractivity contribution < 1.29 is 9.53 Å². The Kier molecular flexibility index (Phi) is 8.44. The van der Waals surface area contributed by atoms with E-state index in [-0.39, 0.29) is 42.3 Å². The standard InChI is InChI=1S/C23H30N4O2S.2ClH/c24-22-26-20(15-30-22)23(17-4-2-1-3-5-17)8-11-27(12-9-23)21(28)16-6-7-19-18(14-16)25-10-13-29-19;;/h1-5,15-16,18-19,25H,6-14H2,(H2,24,26);2*1H/t16-,18+,19+;;/m0../s1. The van der Waals surface area contributed by atoms with E-state index in [1.54, 1.807) is 0 Å². The van der Waals surface area contributed by atoms with Crippen molar-refractivity contribution in [2.24, 2.45) is 5.92 Å². The van der Waals surface area contributed by atoms with E-state index in [2.05, 4.69) is 44.8 Å². The number of nitrogens with zero attached hydrogens (tertiary/aromatic N) is 2. The van der Waals surface area contributed by atoms with Crippen molar-refractivity contribution in [2.75, 3.05) is 32.0 Å². The van der Waals surface area contributed by atoms with E-state index in [0.29, 0.717) is 17.1 Å². The van der Waals surface area contributed by atoms with Crippen LogP contribution in [0.25, 0.3) is 0 Å². The number of hydrogen-bond donors (Lipinski definition) is 2. The van der Waals surface area contributed by atoms with Gasteiger partial charge in [-0.2, -0.15) is 0 Å². The Morgan fingerprint density at radius 3 is 2.62 bits per heavy atom. The third-order valence-electron chi connectivity index (χ3n) is 7.24. The molecule has 3 aliphatic rings. The number of carbonyl (C=O) groups excluding carboxylic acids is 1. The molecule has 0 radical (unpaired) electrons. The first kappa shape index (κ1) is 25.2. The molecule has 32 heavy (non-hydrogen) atoms. The molecule has 2 aromatic rings. The highest BCUT2D eigenvalue weighted by Crippen LogP contribution is 2.43. The number of amides is 1. The van der Waals surface area contributed by atoms with E-state index in [1.165, 1.54) is 16.9 Å². The third kappa shape index (κ3) is 4.77. The molecule has 176 valence electrons. The zero-order valence-electron chi connectivity index (χ0n) is 18.1. The van der Waals surface area contributed by atoms with Gasteiger partial charge in [-0.15, -0.1) is 36.2 Å². The van der Waals surface area contributed by atoms with Gasteiger partial charge in [-0.05, 0) is 37.7 Å². The SMILES string of the molecule is Cl.Cl.Nc1nc(C2(c3ccccc3)CCN(C(=O)[C@H]3CC[C@H]4OCCN[C@@H]4C3)CC2)cs1. The topological polar surface area (TPSA) is 80.5 Å². The van der Waals surface area contributed by atoms with E-state index in [9.17, 15) is 4.79 Å². The van der Waals surface area contributed by atoms with E-state index in [4.69, 9.17) is 10.5 Å². The summed E-state index contributed by atoms with van der Waals surface area (Å²) in [7, 11) is 0. The monoisotopic (exact) mass is 498 g/mol. The number of rotatable bonds is 3. The number of nitrogens with two attached hydrogens (primary N) is 1. The fourth-order valence-electron chi connectivity index (χ4n) is 5.56.